The minimum absolute atomic E-state index is 0.0307. The molecule has 1 rings (SSSR count). The number of hydrogen-bond donors (Lipinski definition) is 2. The summed E-state index contributed by atoms with van der Waals surface area (Å²) >= 11 is 0. The van der Waals surface area contributed by atoms with Crippen molar-refractivity contribution in [2.75, 3.05) is 21.1 Å². The van der Waals surface area contributed by atoms with E-state index in [1.807, 2.05) is 31.3 Å². The SMILES string of the molecule is CNNCc1ccc(C(=O)N(C)C)cc1. The number of benzene rings is 1. The third kappa shape index (κ3) is 3.34. The van der Waals surface area contributed by atoms with Gasteiger partial charge in [-0.15, -0.1) is 0 Å². The predicted molar refractivity (Wildman–Crippen MR) is 60.4 cm³/mol. The van der Waals surface area contributed by atoms with E-state index in [0.29, 0.717) is 5.56 Å². The molecule has 1 aromatic rings. The number of hydrazine groups is 1. The van der Waals surface area contributed by atoms with E-state index in [1.165, 1.54) is 0 Å². The van der Waals surface area contributed by atoms with Gasteiger partial charge < -0.3 is 4.90 Å². The fraction of sp³-hybridized carbons (Fsp3) is 0.364. The Balaban J connectivity index is 2.68. The molecule has 2 N–H and O–H groups in total. The Labute approximate surface area is 90.2 Å². The molecule has 0 aliphatic heterocycles. The Hall–Kier alpha value is -1.39. The zero-order valence-corrected chi connectivity index (χ0v) is 9.37. The Kier molecular flexibility index (Phi) is 4.27. The second-order valence-electron chi connectivity index (χ2n) is 3.50. The second-order valence-corrected chi connectivity index (χ2v) is 3.50. The maximum Gasteiger partial charge on any atom is 0.253 e. The molecule has 0 heterocycles. The average molecular weight is 207 g/mol. The van der Waals surface area contributed by atoms with E-state index in [4.69, 9.17) is 0 Å². The Bertz CT molecular complexity index is 319. The van der Waals surface area contributed by atoms with Crippen molar-refractivity contribution in [3.8, 4) is 0 Å². The highest BCUT2D eigenvalue weighted by Crippen LogP contribution is 2.05. The van der Waals surface area contributed by atoms with Gasteiger partial charge in [0, 0.05) is 26.2 Å². The lowest BCUT2D eigenvalue weighted by Gasteiger charge is -2.10. The zero-order valence-electron chi connectivity index (χ0n) is 9.37. The van der Waals surface area contributed by atoms with Crippen molar-refractivity contribution in [3.63, 3.8) is 0 Å². The monoisotopic (exact) mass is 207 g/mol. The van der Waals surface area contributed by atoms with E-state index in [2.05, 4.69) is 10.9 Å². The normalized spacial score (nSPS) is 10.1. The minimum Gasteiger partial charge on any atom is -0.345 e. The first-order chi connectivity index (χ1) is 7.15. The van der Waals surface area contributed by atoms with Gasteiger partial charge in [-0.3, -0.25) is 15.6 Å². The Morgan fingerprint density at radius 3 is 2.33 bits per heavy atom. The van der Waals surface area contributed by atoms with Crippen molar-refractivity contribution in [2.24, 2.45) is 0 Å². The molecule has 4 heteroatoms. The largest absolute Gasteiger partial charge is 0.345 e. The number of nitrogens with one attached hydrogen (secondary N) is 2. The number of hydrogen-bond acceptors (Lipinski definition) is 3. The lowest BCUT2D eigenvalue weighted by Crippen LogP contribution is -2.26. The maximum absolute atomic E-state index is 11.6. The fourth-order valence-electron chi connectivity index (χ4n) is 1.21. The summed E-state index contributed by atoms with van der Waals surface area (Å²) in [7, 11) is 5.32. The predicted octanol–water partition coefficient (Wildman–Crippen LogP) is 0.612. The van der Waals surface area contributed by atoms with Gasteiger partial charge in [0.1, 0.15) is 0 Å². The molecule has 82 valence electrons. The summed E-state index contributed by atoms with van der Waals surface area (Å²) in [6.07, 6.45) is 0. The van der Waals surface area contributed by atoms with Crippen LogP contribution in [0.1, 0.15) is 15.9 Å². The standard InChI is InChI=1S/C11H17N3O/c1-12-13-8-9-4-6-10(7-5-9)11(15)14(2)3/h4-7,12-13H,8H2,1-3H3. The number of rotatable bonds is 4. The van der Waals surface area contributed by atoms with Crippen molar-refractivity contribution in [2.45, 2.75) is 6.54 Å². The minimum atomic E-state index is 0.0307. The van der Waals surface area contributed by atoms with Crippen LogP contribution in [0.4, 0.5) is 0 Å². The lowest BCUT2D eigenvalue weighted by molar-refractivity contribution is 0.0827. The highest BCUT2D eigenvalue weighted by atomic mass is 16.2. The van der Waals surface area contributed by atoms with Crippen LogP contribution in [0.2, 0.25) is 0 Å². The first-order valence-corrected chi connectivity index (χ1v) is 4.85. The van der Waals surface area contributed by atoms with Crippen molar-refractivity contribution in [1.82, 2.24) is 15.8 Å². The number of carbonyl (C=O) groups excluding carboxylic acids is 1. The van der Waals surface area contributed by atoms with E-state index < -0.39 is 0 Å². The van der Waals surface area contributed by atoms with Crippen molar-refractivity contribution in [1.29, 1.82) is 0 Å². The average Bonchev–Trinajstić information content (AvgIpc) is 2.26. The maximum atomic E-state index is 11.6. The molecule has 0 saturated carbocycles. The van der Waals surface area contributed by atoms with Gasteiger partial charge in [0.2, 0.25) is 0 Å². The van der Waals surface area contributed by atoms with Crippen molar-refractivity contribution >= 4 is 5.91 Å². The van der Waals surface area contributed by atoms with Crippen LogP contribution in [-0.2, 0) is 6.54 Å². The van der Waals surface area contributed by atoms with Crippen LogP contribution >= 0.6 is 0 Å². The molecule has 1 amide bonds. The third-order valence-corrected chi connectivity index (χ3v) is 2.08. The lowest BCUT2D eigenvalue weighted by atomic mass is 10.1. The molecule has 0 radical (unpaired) electrons. The summed E-state index contributed by atoms with van der Waals surface area (Å²) in [4.78, 5) is 13.1. The van der Waals surface area contributed by atoms with Gasteiger partial charge in [-0.05, 0) is 24.7 Å². The zero-order chi connectivity index (χ0) is 11.3. The van der Waals surface area contributed by atoms with Crippen LogP contribution in [0.15, 0.2) is 24.3 Å². The molecule has 0 aromatic heterocycles. The first kappa shape index (κ1) is 11.7. The fourth-order valence-corrected chi connectivity index (χ4v) is 1.21. The van der Waals surface area contributed by atoms with Gasteiger partial charge in [-0.2, -0.15) is 0 Å². The summed E-state index contributed by atoms with van der Waals surface area (Å²) in [6.45, 7) is 0.743. The molecule has 0 saturated heterocycles. The molecule has 0 unspecified atom stereocenters. The number of amides is 1. The Morgan fingerprint density at radius 1 is 1.27 bits per heavy atom. The molecule has 0 spiro atoms. The van der Waals surface area contributed by atoms with Gasteiger partial charge in [-0.1, -0.05) is 12.1 Å². The summed E-state index contributed by atoms with van der Waals surface area (Å²) in [5.41, 5.74) is 7.69. The first-order valence-electron chi connectivity index (χ1n) is 4.85. The molecule has 0 aliphatic carbocycles. The summed E-state index contributed by atoms with van der Waals surface area (Å²) < 4.78 is 0. The third-order valence-electron chi connectivity index (χ3n) is 2.08. The number of nitrogens with zero attached hydrogens (tertiary/aromatic N) is 1. The van der Waals surface area contributed by atoms with E-state index in [1.54, 1.807) is 19.0 Å². The molecule has 0 fully saturated rings. The molecule has 4 nitrogen and oxygen atoms in total. The summed E-state index contributed by atoms with van der Waals surface area (Å²) in [5, 5.41) is 0. The van der Waals surface area contributed by atoms with Crippen LogP contribution in [0.25, 0.3) is 0 Å². The van der Waals surface area contributed by atoms with Gasteiger partial charge in [-0.25, -0.2) is 0 Å². The van der Waals surface area contributed by atoms with Gasteiger partial charge >= 0.3 is 0 Å². The van der Waals surface area contributed by atoms with E-state index in [0.717, 1.165) is 12.1 Å². The molecule has 0 atom stereocenters. The molecule has 15 heavy (non-hydrogen) atoms. The van der Waals surface area contributed by atoms with Gasteiger partial charge in [0.05, 0.1) is 0 Å². The van der Waals surface area contributed by atoms with Crippen LogP contribution in [0, 0.1) is 0 Å². The molecule has 1 aromatic carbocycles. The van der Waals surface area contributed by atoms with E-state index in [-0.39, 0.29) is 5.91 Å². The van der Waals surface area contributed by atoms with Crippen LogP contribution < -0.4 is 10.9 Å². The van der Waals surface area contributed by atoms with E-state index >= 15 is 0 Å². The van der Waals surface area contributed by atoms with Crippen LogP contribution in [0.3, 0.4) is 0 Å². The van der Waals surface area contributed by atoms with E-state index in [9.17, 15) is 4.79 Å². The number of carbonyl (C=O) groups is 1. The van der Waals surface area contributed by atoms with Gasteiger partial charge in [0.15, 0.2) is 0 Å². The second kappa shape index (κ2) is 5.48. The van der Waals surface area contributed by atoms with Crippen LogP contribution in [-0.4, -0.2) is 32.0 Å². The molecule has 0 bridgehead atoms. The molecular formula is C11H17N3O. The summed E-state index contributed by atoms with van der Waals surface area (Å²) in [6, 6.07) is 7.58. The van der Waals surface area contributed by atoms with Crippen molar-refractivity contribution < 1.29 is 4.79 Å². The van der Waals surface area contributed by atoms with Crippen LogP contribution in [0.5, 0.6) is 0 Å². The highest BCUT2D eigenvalue weighted by Gasteiger charge is 2.06. The smallest absolute Gasteiger partial charge is 0.253 e. The van der Waals surface area contributed by atoms with Gasteiger partial charge in [0.25, 0.3) is 5.91 Å². The highest BCUT2D eigenvalue weighted by molar-refractivity contribution is 5.93. The van der Waals surface area contributed by atoms with Crippen molar-refractivity contribution in [3.05, 3.63) is 35.4 Å². The Morgan fingerprint density at radius 2 is 1.87 bits per heavy atom. The summed E-state index contributed by atoms with van der Waals surface area (Å²) in [5.74, 6) is 0.0307. The topological polar surface area (TPSA) is 44.4 Å². The quantitative estimate of drug-likeness (QED) is 0.711. The molecular weight excluding hydrogens is 190 g/mol. The molecule has 0 aliphatic rings.